The zero-order valence-corrected chi connectivity index (χ0v) is 11.3. The topological polar surface area (TPSA) is 76.0 Å². The highest BCUT2D eigenvalue weighted by molar-refractivity contribution is 7.33. The Bertz CT molecular complexity index is 201. The van der Waals surface area contributed by atoms with Gasteiger partial charge in [-0.05, 0) is 0 Å². The molecule has 5 nitrogen and oxygen atoms in total. The minimum absolute atomic E-state index is 0.310. The predicted octanol–water partition coefficient (Wildman–Crippen LogP) is 2.69. The van der Waals surface area contributed by atoms with Crippen LogP contribution in [0.15, 0.2) is 0 Å². The first kappa shape index (κ1) is 15.9. The lowest BCUT2D eigenvalue weighted by Crippen LogP contribution is -2.31. The summed E-state index contributed by atoms with van der Waals surface area (Å²) in [6.07, 6.45) is 1.24. The highest BCUT2D eigenvalue weighted by Crippen LogP contribution is 2.38. The molecule has 0 aliphatic rings. The summed E-state index contributed by atoms with van der Waals surface area (Å²) < 4.78 is 21.3. The average Bonchev–Trinajstić information content (AvgIpc) is 2.28. The average molecular weight is 253 g/mol. The number of aliphatic hydroxyl groups is 2. The molecule has 0 unspecified atom stereocenters. The number of hydrogen-bond donors (Lipinski definition) is 2. The molecule has 0 aromatic heterocycles. The van der Waals surface area contributed by atoms with Crippen molar-refractivity contribution in [3.05, 3.63) is 0 Å². The maximum atomic E-state index is 11.5. The first-order valence-corrected chi connectivity index (χ1v) is 6.74. The van der Waals surface area contributed by atoms with Crippen molar-refractivity contribution in [3.8, 4) is 0 Å². The molecule has 0 atom stereocenters. The molecule has 0 saturated carbocycles. The van der Waals surface area contributed by atoms with Crippen molar-refractivity contribution < 1.29 is 23.8 Å². The van der Waals surface area contributed by atoms with E-state index in [-0.39, 0.29) is 0 Å². The third-order valence-electron chi connectivity index (χ3n) is 2.70. The Morgan fingerprint density at radius 1 is 0.875 bits per heavy atom. The van der Waals surface area contributed by atoms with E-state index < -0.39 is 19.8 Å². The Morgan fingerprint density at radius 2 is 1.12 bits per heavy atom. The normalized spacial score (nSPS) is 12.9. The molecule has 0 heterocycles. The van der Waals surface area contributed by atoms with E-state index in [9.17, 15) is 14.8 Å². The van der Waals surface area contributed by atoms with Crippen LogP contribution in [-0.4, -0.2) is 21.8 Å². The summed E-state index contributed by atoms with van der Waals surface area (Å²) in [5.74, 6) is -2.90. The molecule has 0 radical (unpaired) electrons. The third-order valence-corrected chi connectivity index (χ3v) is 3.68. The largest absolute Gasteiger partial charge is 0.703 e. The Balaban J connectivity index is 4.38. The molecule has 0 saturated heterocycles. The molecule has 0 spiro atoms. The van der Waals surface area contributed by atoms with E-state index in [1.807, 2.05) is 0 Å². The van der Waals surface area contributed by atoms with Crippen LogP contribution < -0.4 is 0 Å². The molecule has 96 valence electrons. The van der Waals surface area contributed by atoms with Gasteiger partial charge in [0.15, 0.2) is 0 Å². The van der Waals surface area contributed by atoms with Crippen LogP contribution in [0, 0.1) is 0 Å². The smallest absolute Gasteiger partial charge is 0.362 e. The summed E-state index contributed by atoms with van der Waals surface area (Å²) in [7, 11) is -2.53. The van der Waals surface area contributed by atoms with Gasteiger partial charge in [0.2, 0.25) is 11.6 Å². The summed E-state index contributed by atoms with van der Waals surface area (Å²) in [6.45, 7) is 6.88. The Kier molecular flexibility index (Phi) is 6.60. The lowest BCUT2D eigenvalue weighted by molar-refractivity contribution is -0.176. The first-order valence-electron chi connectivity index (χ1n) is 5.65. The van der Waals surface area contributed by atoms with Gasteiger partial charge in [-0.1, -0.05) is 36.7 Å². The summed E-state index contributed by atoms with van der Waals surface area (Å²) in [6, 6.07) is 0. The molecule has 0 aliphatic heterocycles. The van der Waals surface area contributed by atoms with Crippen molar-refractivity contribution in [1.29, 1.82) is 0 Å². The fraction of sp³-hybridized carbons (Fsp3) is 1.00. The zero-order chi connectivity index (χ0) is 12.8. The first-order chi connectivity index (χ1) is 7.34. The highest BCUT2D eigenvalue weighted by atomic mass is 31.1. The van der Waals surface area contributed by atoms with Crippen molar-refractivity contribution >= 4 is 8.25 Å². The minimum atomic E-state index is -2.53. The third kappa shape index (κ3) is 4.85. The summed E-state index contributed by atoms with van der Waals surface area (Å²) in [4.78, 5) is 0. The van der Waals surface area contributed by atoms with Crippen LogP contribution in [0.2, 0.25) is 0 Å². The Labute approximate surface area is 97.7 Å². The van der Waals surface area contributed by atoms with Crippen LogP contribution in [0.4, 0.5) is 0 Å². The lowest BCUT2D eigenvalue weighted by atomic mass is 10.2. The van der Waals surface area contributed by atoms with E-state index in [1.54, 1.807) is 27.7 Å². The van der Waals surface area contributed by atoms with E-state index in [0.29, 0.717) is 25.7 Å². The molecule has 2 N–H and O–H groups in total. The van der Waals surface area contributed by atoms with Gasteiger partial charge in [0.1, 0.15) is 0 Å². The standard InChI is InChI=1S/C10H22O5P/c1-5-9(11,6-2)14-16(13)15-10(12,7-3)8-4/h11-12H,5-8H2,1-4H3/q+1. The molecular formula is C10H22O5P+. The fourth-order valence-electron chi connectivity index (χ4n) is 1.05. The molecule has 0 aliphatic carbocycles. The molecule has 0 amide bonds. The van der Waals surface area contributed by atoms with Gasteiger partial charge in [-0.3, -0.25) is 0 Å². The van der Waals surface area contributed by atoms with Crippen molar-refractivity contribution in [2.24, 2.45) is 0 Å². The molecule has 0 fully saturated rings. The van der Waals surface area contributed by atoms with Crippen molar-refractivity contribution in [1.82, 2.24) is 0 Å². The molecule has 6 heteroatoms. The van der Waals surface area contributed by atoms with Crippen LogP contribution in [0.25, 0.3) is 0 Å². The fourth-order valence-corrected chi connectivity index (χ4v) is 2.16. The molecule has 0 bridgehead atoms. The molecule has 16 heavy (non-hydrogen) atoms. The van der Waals surface area contributed by atoms with Crippen LogP contribution in [0.3, 0.4) is 0 Å². The van der Waals surface area contributed by atoms with E-state index in [2.05, 4.69) is 0 Å². The second-order valence-electron chi connectivity index (χ2n) is 3.71. The van der Waals surface area contributed by atoms with Crippen LogP contribution in [-0.2, 0) is 13.6 Å². The van der Waals surface area contributed by atoms with Gasteiger partial charge in [0.05, 0.1) is 0 Å². The predicted molar refractivity (Wildman–Crippen MR) is 60.8 cm³/mol. The molecular weight excluding hydrogens is 231 g/mol. The summed E-state index contributed by atoms with van der Waals surface area (Å²) in [5.41, 5.74) is 0. The lowest BCUT2D eigenvalue weighted by Gasteiger charge is -2.20. The summed E-state index contributed by atoms with van der Waals surface area (Å²) in [5, 5.41) is 19.5. The quantitative estimate of drug-likeness (QED) is 0.513. The van der Waals surface area contributed by atoms with Crippen molar-refractivity contribution in [2.75, 3.05) is 0 Å². The highest BCUT2D eigenvalue weighted by Gasteiger charge is 2.43. The second kappa shape index (κ2) is 6.62. The van der Waals surface area contributed by atoms with Gasteiger partial charge >= 0.3 is 8.25 Å². The van der Waals surface area contributed by atoms with Gasteiger partial charge in [0, 0.05) is 30.2 Å². The monoisotopic (exact) mass is 253 g/mol. The van der Waals surface area contributed by atoms with Gasteiger partial charge in [-0.15, -0.1) is 0 Å². The zero-order valence-electron chi connectivity index (χ0n) is 10.4. The van der Waals surface area contributed by atoms with E-state index in [0.717, 1.165) is 0 Å². The van der Waals surface area contributed by atoms with Gasteiger partial charge in [0.25, 0.3) is 0 Å². The van der Waals surface area contributed by atoms with Crippen LogP contribution in [0.1, 0.15) is 53.4 Å². The summed E-state index contributed by atoms with van der Waals surface area (Å²) >= 11 is 0. The maximum Gasteiger partial charge on any atom is 0.703 e. The van der Waals surface area contributed by atoms with E-state index in [4.69, 9.17) is 9.05 Å². The SMILES string of the molecule is CCC(O)(CC)O[P+](=O)OC(O)(CC)CC. The minimum Gasteiger partial charge on any atom is -0.362 e. The van der Waals surface area contributed by atoms with E-state index in [1.165, 1.54) is 0 Å². The molecule has 0 aromatic carbocycles. The van der Waals surface area contributed by atoms with Crippen molar-refractivity contribution in [2.45, 2.75) is 65.0 Å². The second-order valence-corrected chi connectivity index (χ2v) is 4.53. The van der Waals surface area contributed by atoms with E-state index >= 15 is 0 Å². The molecule has 0 rings (SSSR count). The van der Waals surface area contributed by atoms with Crippen molar-refractivity contribution in [3.63, 3.8) is 0 Å². The van der Waals surface area contributed by atoms with Crippen LogP contribution >= 0.6 is 8.25 Å². The van der Waals surface area contributed by atoms with Crippen LogP contribution in [0.5, 0.6) is 0 Å². The number of rotatable bonds is 8. The number of hydrogen-bond acceptors (Lipinski definition) is 5. The maximum absolute atomic E-state index is 11.5. The van der Waals surface area contributed by atoms with Gasteiger partial charge < -0.3 is 10.2 Å². The Morgan fingerprint density at radius 3 is 1.31 bits per heavy atom. The van der Waals surface area contributed by atoms with Gasteiger partial charge in [-0.25, -0.2) is 0 Å². The van der Waals surface area contributed by atoms with Gasteiger partial charge in [-0.2, -0.15) is 0 Å². The molecule has 0 aromatic rings. The Hall–Kier alpha value is -0.0600.